The lowest BCUT2D eigenvalue weighted by molar-refractivity contribution is 0.165. The highest BCUT2D eigenvalue weighted by molar-refractivity contribution is 7.97. The topological polar surface area (TPSA) is 52.6 Å². The molecule has 0 rings (SSSR count). The Labute approximate surface area is 191 Å². The van der Waals surface area contributed by atoms with Crippen LogP contribution in [0.15, 0.2) is 0 Å². The van der Waals surface area contributed by atoms with E-state index in [0.29, 0.717) is 0 Å². The van der Waals surface area contributed by atoms with E-state index >= 15 is 0 Å². The Hall–Kier alpha value is -0.0500. The Kier molecular flexibility index (Phi) is 22.1. The zero-order valence-corrected chi connectivity index (χ0v) is 21.5. The Bertz CT molecular complexity index is 431. The molecule has 0 aromatic carbocycles. The van der Waals surface area contributed by atoms with Gasteiger partial charge >= 0.3 is 12.4 Å². The molecule has 1 atom stereocenters. The van der Waals surface area contributed by atoms with Crippen molar-refractivity contribution in [2.45, 2.75) is 135 Å². The fourth-order valence-corrected chi connectivity index (χ4v) is 4.21. The molecule has 1 unspecified atom stereocenters. The van der Waals surface area contributed by atoms with E-state index in [1.807, 2.05) is 0 Å². The fraction of sp³-hybridized carbons (Fsp3) is 0.958. The van der Waals surface area contributed by atoms with Crippen molar-refractivity contribution in [2.24, 2.45) is 0 Å². The second-order valence-corrected chi connectivity index (χ2v) is 11.5. The number of unbranched alkanes of at least 4 members (excludes halogenated alkanes) is 19. The molecule has 0 bridgehead atoms. The van der Waals surface area contributed by atoms with Crippen LogP contribution in [0, 0.1) is 0 Å². The Balaban J connectivity index is 3.15. The van der Waals surface area contributed by atoms with E-state index in [-0.39, 0.29) is 6.61 Å². The van der Waals surface area contributed by atoms with E-state index in [2.05, 4.69) is 11.4 Å². The maximum atomic E-state index is 11.4. The predicted octanol–water partition coefficient (Wildman–Crippen LogP) is 10.0. The standard InChI is InChI=1S/C24H48ClO4P/c1-3-4-5-6-7-8-9-10-11-12-13-14-15-16-17-18-19-20-21-22-23-29-24(26)30(25,27)28-2/h3-23H2,1-2H3. The normalized spacial score (nSPS) is 13.3. The Morgan fingerprint density at radius 3 is 1.23 bits per heavy atom. The van der Waals surface area contributed by atoms with Crippen LogP contribution in [0.1, 0.15) is 135 Å². The third-order valence-corrected chi connectivity index (χ3v) is 7.54. The number of carbonyl (C=O) groups excluding carboxylic acids is 1. The SMILES string of the molecule is CCCCCCCCCCCCCCCCCCCCCCOC(=O)P(=O)(Cl)OC. The van der Waals surface area contributed by atoms with Gasteiger partial charge in [0.25, 0.3) is 0 Å². The van der Waals surface area contributed by atoms with Crippen molar-refractivity contribution in [3.63, 3.8) is 0 Å². The van der Waals surface area contributed by atoms with E-state index in [1.54, 1.807) is 0 Å². The summed E-state index contributed by atoms with van der Waals surface area (Å²) in [5.41, 5.74) is -0.940. The fourth-order valence-electron chi connectivity index (χ4n) is 3.67. The van der Waals surface area contributed by atoms with Gasteiger partial charge in [-0.2, -0.15) is 0 Å². The second kappa shape index (κ2) is 22.2. The van der Waals surface area contributed by atoms with Gasteiger partial charge in [-0.25, -0.2) is 4.79 Å². The molecule has 0 spiro atoms. The first kappa shape index (κ1) is 29.9. The van der Waals surface area contributed by atoms with Gasteiger partial charge in [0.1, 0.15) is 0 Å². The van der Waals surface area contributed by atoms with Crippen LogP contribution in [0.3, 0.4) is 0 Å². The number of hydrogen-bond acceptors (Lipinski definition) is 4. The summed E-state index contributed by atoms with van der Waals surface area (Å²) in [5, 5.41) is 0. The van der Waals surface area contributed by atoms with Crippen molar-refractivity contribution < 1.29 is 18.6 Å². The molecule has 0 saturated carbocycles. The van der Waals surface area contributed by atoms with Crippen LogP contribution in [0.2, 0.25) is 0 Å². The van der Waals surface area contributed by atoms with Crippen LogP contribution in [-0.2, 0) is 13.8 Å². The Morgan fingerprint density at radius 1 is 0.633 bits per heavy atom. The molecule has 4 nitrogen and oxygen atoms in total. The number of carbonyl (C=O) groups is 1. The van der Waals surface area contributed by atoms with Gasteiger partial charge in [-0.3, -0.25) is 4.57 Å². The highest BCUT2D eigenvalue weighted by Gasteiger charge is 2.30. The largest absolute Gasteiger partial charge is 0.458 e. The first-order chi connectivity index (χ1) is 14.5. The summed E-state index contributed by atoms with van der Waals surface area (Å²) < 4.78 is 20.7. The predicted molar refractivity (Wildman–Crippen MR) is 130 cm³/mol. The lowest BCUT2D eigenvalue weighted by Crippen LogP contribution is -2.03. The maximum absolute atomic E-state index is 11.4. The smallest absolute Gasteiger partial charge is 0.407 e. The van der Waals surface area contributed by atoms with E-state index in [9.17, 15) is 9.36 Å². The molecule has 0 saturated heterocycles. The quantitative estimate of drug-likeness (QED) is 0.111. The summed E-state index contributed by atoms with van der Waals surface area (Å²) >= 11 is 5.42. The number of rotatable bonds is 23. The summed E-state index contributed by atoms with van der Waals surface area (Å²) in [4.78, 5) is 11.4. The van der Waals surface area contributed by atoms with Crippen LogP contribution < -0.4 is 0 Å². The molecule has 6 heteroatoms. The Morgan fingerprint density at radius 2 is 0.933 bits per heavy atom. The van der Waals surface area contributed by atoms with Gasteiger partial charge < -0.3 is 9.26 Å². The molecule has 0 aromatic rings. The molecular weight excluding hydrogens is 419 g/mol. The molecule has 30 heavy (non-hydrogen) atoms. The first-order valence-electron chi connectivity index (χ1n) is 12.6. The van der Waals surface area contributed by atoms with Gasteiger partial charge in [-0.05, 0) is 17.7 Å². The zero-order valence-electron chi connectivity index (χ0n) is 19.8. The van der Waals surface area contributed by atoms with Crippen molar-refractivity contribution in [1.82, 2.24) is 0 Å². The van der Waals surface area contributed by atoms with Crippen molar-refractivity contribution in [3.05, 3.63) is 0 Å². The summed E-state index contributed by atoms with van der Waals surface area (Å²) in [6.07, 6.45) is 26.6. The molecule has 0 radical (unpaired) electrons. The second-order valence-electron chi connectivity index (χ2n) is 8.49. The van der Waals surface area contributed by atoms with Crippen LogP contribution >= 0.6 is 18.0 Å². The molecule has 0 aliphatic rings. The lowest BCUT2D eigenvalue weighted by Gasteiger charge is -2.08. The van der Waals surface area contributed by atoms with Gasteiger partial charge in [-0.15, -0.1) is 0 Å². The van der Waals surface area contributed by atoms with Gasteiger partial charge in [0, 0.05) is 7.11 Å². The van der Waals surface area contributed by atoms with Crippen molar-refractivity contribution >= 4 is 23.7 Å². The first-order valence-corrected chi connectivity index (χ1v) is 15.1. The summed E-state index contributed by atoms with van der Waals surface area (Å²) in [6.45, 7) is -1.21. The van der Waals surface area contributed by atoms with Crippen molar-refractivity contribution in [1.29, 1.82) is 0 Å². The monoisotopic (exact) mass is 466 g/mol. The van der Waals surface area contributed by atoms with Crippen LogP contribution in [0.5, 0.6) is 0 Å². The molecular formula is C24H48ClO4P. The molecule has 0 aliphatic heterocycles. The minimum Gasteiger partial charge on any atom is -0.458 e. The third kappa shape index (κ3) is 19.9. The summed E-state index contributed by atoms with van der Waals surface area (Å²) in [6, 6.07) is 0. The highest BCUT2D eigenvalue weighted by Crippen LogP contribution is 2.53. The molecule has 0 aliphatic carbocycles. The van der Waals surface area contributed by atoms with E-state index in [0.717, 1.165) is 26.4 Å². The van der Waals surface area contributed by atoms with Crippen LogP contribution in [0.4, 0.5) is 4.79 Å². The van der Waals surface area contributed by atoms with Gasteiger partial charge in [0.2, 0.25) is 0 Å². The van der Waals surface area contributed by atoms with E-state index in [4.69, 9.17) is 16.0 Å². The van der Waals surface area contributed by atoms with Crippen molar-refractivity contribution in [2.75, 3.05) is 13.7 Å². The minimum atomic E-state index is -3.75. The third-order valence-electron chi connectivity index (χ3n) is 5.68. The molecule has 0 fully saturated rings. The van der Waals surface area contributed by atoms with Crippen LogP contribution in [-0.4, -0.2) is 19.4 Å². The van der Waals surface area contributed by atoms with Crippen LogP contribution in [0.25, 0.3) is 0 Å². The van der Waals surface area contributed by atoms with E-state index in [1.165, 1.54) is 109 Å². The lowest BCUT2D eigenvalue weighted by atomic mass is 10.0. The van der Waals surface area contributed by atoms with Gasteiger partial charge in [0.05, 0.1) is 6.61 Å². The number of halogens is 1. The molecule has 0 amide bonds. The van der Waals surface area contributed by atoms with Gasteiger partial charge in [0.15, 0.2) is 0 Å². The molecule has 0 N–H and O–H groups in total. The average Bonchev–Trinajstić information content (AvgIpc) is 2.74. The highest BCUT2D eigenvalue weighted by atomic mass is 35.7. The minimum absolute atomic E-state index is 0.262. The van der Waals surface area contributed by atoms with E-state index < -0.39 is 12.4 Å². The number of hydrogen-bond donors (Lipinski definition) is 0. The zero-order chi connectivity index (χ0) is 22.3. The maximum Gasteiger partial charge on any atom is 0.407 e. The number of ether oxygens (including phenoxy) is 1. The molecule has 0 heterocycles. The molecule has 0 aromatic heterocycles. The summed E-state index contributed by atoms with van der Waals surface area (Å²) in [7, 11) is 1.15. The van der Waals surface area contributed by atoms with Gasteiger partial charge in [-0.1, -0.05) is 129 Å². The van der Waals surface area contributed by atoms with Crippen molar-refractivity contribution in [3.8, 4) is 0 Å². The molecule has 180 valence electrons. The average molecular weight is 467 g/mol. The summed E-state index contributed by atoms with van der Waals surface area (Å²) in [5.74, 6) is 0.